The molecule has 1 aliphatic rings. The van der Waals surface area contributed by atoms with E-state index in [1.807, 2.05) is 18.2 Å². The maximum atomic E-state index is 12.4. The van der Waals surface area contributed by atoms with Crippen LogP contribution in [0.2, 0.25) is 0 Å². The number of piperidine rings is 1. The van der Waals surface area contributed by atoms with Crippen LogP contribution >= 0.6 is 0 Å². The number of fused-ring (bicyclic) bond motifs is 1. The van der Waals surface area contributed by atoms with Crippen molar-refractivity contribution in [2.45, 2.75) is 31.2 Å². The highest BCUT2D eigenvalue weighted by Crippen LogP contribution is 2.30. The molecule has 1 heterocycles. The Balaban J connectivity index is 1.17. The predicted molar refractivity (Wildman–Crippen MR) is 152 cm³/mol. The Morgan fingerprint density at radius 1 is 0.897 bits per heavy atom. The zero-order valence-corrected chi connectivity index (χ0v) is 22.3. The maximum absolute atomic E-state index is 12.4. The van der Waals surface area contributed by atoms with Crippen molar-refractivity contribution in [3.8, 4) is 5.75 Å². The van der Waals surface area contributed by atoms with E-state index in [0.717, 1.165) is 25.3 Å². The van der Waals surface area contributed by atoms with Gasteiger partial charge in [0.25, 0.3) is 0 Å². The van der Waals surface area contributed by atoms with Crippen LogP contribution in [0.5, 0.6) is 5.75 Å². The summed E-state index contributed by atoms with van der Waals surface area (Å²) in [5, 5.41) is 5.95. The molecule has 3 unspecified atom stereocenters. The molecule has 4 aromatic rings. The molecule has 6 heteroatoms. The quantitative estimate of drug-likeness (QED) is 0.252. The Morgan fingerprint density at radius 3 is 2.46 bits per heavy atom. The molecule has 5 rings (SSSR count). The topological polar surface area (TPSA) is 66.0 Å². The van der Waals surface area contributed by atoms with Gasteiger partial charge in [0.05, 0.1) is 24.9 Å². The highest BCUT2D eigenvalue weighted by Gasteiger charge is 2.27. The SMILES string of the molecule is COCC(COc1ccc(C2CCNCC2OCc2ccc3ccccc3c2)cc1)OC(=O)c1ccccc1. The first-order valence-corrected chi connectivity index (χ1v) is 13.5. The van der Waals surface area contributed by atoms with Gasteiger partial charge in [-0.2, -0.15) is 0 Å². The van der Waals surface area contributed by atoms with Gasteiger partial charge in [-0.15, -0.1) is 0 Å². The third-order valence-electron chi connectivity index (χ3n) is 7.08. The first-order chi connectivity index (χ1) is 19.2. The Bertz CT molecular complexity index is 1340. The van der Waals surface area contributed by atoms with E-state index in [2.05, 4.69) is 59.9 Å². The predicted octanol–water partition coefficient (Wildman–Crippen LogP) is 5.75. The summed E-state index contributed by atoms with van der Waals surface area (Å²) in [5.74, 6) is 0.629. The Kier molecular flexibility index (Phi) is 9.22. The van der Waals surface area contributed by atoms with Crippen molar-refractivity contribution in [1.82, 2.24) is 5.32 Å². The van der Waals surface area contributed by atoms with Crippen molar-refractivity contribution in [2.75, 3.05) is 33.4 Å². The summed E-state index contributed by atoms with van der Waals surface area (Å²) in [5.41, 5.74) is 2.92. The minimum Gasteiger partial charge on any atom is -0.490 e. The first kappa shape index (κ1) is 26.9. The highest BCUT2D eigenvalue weighted by atomic mass is 16.6. The molecule has 6 nitrogen and oxygen atoms in total. The highest BCUT2D eigenvalue weighted by molar-refractivity contribution is 5.89. The van der Waals surface area contributed by atoms with E-state index in [4.69, 9.17) is 18.9 Å². The van der Waals surface area contributed by atoms with Gasteiger partial charge < -0.3 is 24.3 Å². The van der Waals surface area contributed by atoms with Gasteiger partial charge in [0.1, 0.15) is 12.4 Å². The Morgan fingerprint density at radius 2 is 1.67 bits per heavy atom. The number of benzene rings is 4. The molecule has 3 atom stereocenters. The van der Waals surface area contributed by atoms with Gasteiger partial charge in [0.15, 0.2) is 6.10 Å². The number of carbonyl (C=O) groups is 1. The summed E-state index contributed by atoms with van der Waals surface area (Å²) in [7, 11) is 1.58. The van der Waals surface area contributed by atoms with E-state index in [0.29, 0.717) is 18.1 Å². The fraction of sp³-hybridized carbons (Fsp3) is 0.303. The second-order valence-electron chi connectivity index (χ2n) is 9.86. The van der Waals surface area contributed by atoms with E-state index in [9.17, 15) is 4.79 Å². The van der Waals surface area contributed by atoms with Crippen LogP contribution in [0.4, 0.5) is 0 Å². The molecule has 0 saturated carbocycles. The van der Waals surface area contributed by atoms with Crippen molar-refractivity contribution in [3.63, 3.8) is 0 Å². The van der Waals surface area contributed by atoms with Gasteiger partial charge in [-0.25, -0.2) is 4.79 Å². The van der Waals surface area contributed by atoms with Gasteiger partial charge in [-0.3, -0.25) is 0 Å². The summed E-state index contributed by atoms with van der Waals surface area (Å²) < 4.78 is 23.2. The van der Waals surface area contributed by atoms with E-state index in [1.165, 1.54) is 21.9 Å². The van der Waals surface area contributed by atoms with Crippen molar-refractivity contribution in [2.24, 2.45) is 0 Å². The third-order valence-corrected chi connectivity index (χ3v) is 7.08. The lowest BCUT2D eigenvalue weighted by molar-refractivity contribution is -0.00996. The van der Waals surface area contributed by atoms with Crippen molar-refractivity contribution < 1.29 is 23.7 Å². The van der Waals surface area contributed by atoms with E-state index >= 15 is 0 Å². The molecule has 0 radical (unpaired) electrons. The Labute approximate surface area is 229 Å². The van der Waals surface area contributed by atoms with Crippen LogP contribution in [0.1, 0.15) is 33.8 Å². The van der Waals surface area contributed by atoms with Crippen LogP contribution in [-0.2, 0) is 20.8 Å². The second kappa shape index (κ2) is 13.4. The standard InChI is InChI=1S/C33H35NO5/c1-36-22-30(39-33(35)27-8-3-2-4-9-27)23-37-29-15-13-26(14-16-29)31-17-18-34-20-32(31)38-21-24-11-12-25-7-5-6-10-28(25)19-24/h2-16,19,30-32,34H,17-18,20-23H2,1H3. The molecule has 1 aliphatic heterocycles. The zero-order valence-electron chi connectivity index (χ0n) is 22.3. The van der Waals surface area contributed by atoms with Gasteiger partial charge in [-0.05, 0) is 65.2 Å². The molecule has 202 valence electrons. The van der Waals surface area contributed by atoms with Gasteiger partial charge in [0.2, 0.25) is 0 Å². The van der Waals surface area contributed by atoms with Crippen LogP contribution in [-0.4, -0.2) is 51.6 Å². The normalized spacial score (nSPS) is 18.0. The Hall–Kier alpha value is -3.71. The molecule has 1 fully saturated rings. The van der Waals surface area contributed by atoms with Crippen LogP contribution in [0.25, 0.3) is 10.8 Å². The maximum Gasteiger partial charge on any atom is 0.338 e. The van der Waals surface area contributed by atoms with Crippen molar-refractivity contribution in [3.05, 3.63) is 114 Å². The summed E-state index contributed by atoms with van der Waals surface area (Å²) in [4.78, 5) is 12.4. The number of methoxy groups -OCH3 is 1. The zero-order chi connectivity index (χ0) is 26.9. The molecule has 0 amide bonds. The third kappa shape index (κ3) is 7.24. The van der Waals surface area contributed by atoms with Crippen LogP contribution < -0.4 is 10.1 Å². The molecule has 4 aromatic carbocycles. The number of rotatable bonds is 11. The molecule has 0 aliphatic carbocycles. The van der Waals surface area contributed by atoms with Gasteiger partial charge in [-0.1, -0.05) is 66.7 Å². The lowest BCUT2D eigenvalue weighted by Crippen LogP contribution is -2.40. The molecule has 1 saturated heterocycles. The summed E-state index contributed by atoms with van der Waals surface area (Å²) in [6, 6.07) is 32.0. The van der Waals surface area contributed by atoms with Crippen molar-refractivity contribution >= 4 is 16.7 Å². The summed E-state index contributed by atoms with van der Waals surface area (Å²) in [6.07, 6.45) is 0.577. The van der Waals surface area contributed by atoms with E-state index in [1.54, 1.807) is 31.4 Å². The second-order valence-corrected chi connectivity index (χ2v) is 9.86. The van der Waals surface area contributed by atoms with E-state index in [-0.39, 0.29) is 19.3 Å². The van der Waals surface area contributed by atoms with Gasteiger partial charge in [0, 0.05) is 19.6 Å². The summed E-state index contributed by atoms with van der Waals surface area (Å²) in [6.45, 7) is 2.82. The molecular weight excluding hydrogens is 490 g/mol. The molecule has 39 heavy (non-hydrogen) atoms. The number of hydrogen-bond donors (Lipinski definition) is 1. The largest absolute Gasteiger partial charge is 0.490 e. The first-order valence-electron chi connectivity index (χ1n) is 13.5. The van der Waals surface area contributed by atoms with Crippen molar-refractivity contribution in [1.29, 1.82) is 0 Å². The fourth-order valence-corrected chi connectivity index (χ4v) is 5.01. The number of esters is 1. The monoisotopic (exact) mass is 525 g/mol. The van der Waals surface area contributed by atoms with Gasteiger partial charge >= 0.3 is 5.97 Å². The number of nitrogens with one attached hydrogen (secondary N) is 1. The smallest absolute Gasteiger partial charge is 0.338 e. The molecule has 0 aromatic heterocycles. The lowest BCUT2D eigenvalue weighted by atomic mass is 9.87. The number of hydrogen-bond acceptors (Lipinski definition) is 6. The fourth-order valence-electron chi connectivity index (χ4n) is 5.01. The van der Waals surface area contributed by atoms with Crippen LogP contribution in [0.15, 0.2) is 97.1 Å². The van der Waals surface area contributed by atoms with Crippen LogP contribution in [0, 0.1) is 0 Å². The molecule has 1 N–H and O–H groups in total. The van der Waals surface area contributed by atoms with E-state index < -0.39 is 12.1 Å². The summed E-state index contributed by atoms with van der Waals surface area (Å²) >= 11 is 0. The molecule has 0 bridgehead atoms. The lowest BCUT2D eigenvalue weighted by Gasteiger charge is -2.32. The number of ether oxygens (including phenoxy) is 4. The average molecular weight is 526 g/mol. The average Bonchev–Trinajstić information content (AvgIpc) is 2.99. The number of carbonyl (C=O) groups excluding carboxylic acids is 1. The molecule has 0 spiro atoms. The minimum absolute atomic E-state index is 0.0838. The van der Waals surface area contributed by atoms with Crippen LogP contribution in [0.3, 0.4) is 0 Å². The molecular formula is C33H35NO5. The minimum atomic E-state index is -0.514.